The second-order valence-electron chi connectivity index (χ2n) is 17.7. The van der Waals surface area contributed by atoms with Crippen LogP contribution in [0.15, 0.2) is 85.2 Å². The van der Waals surface area contributed by atoms with Crippen LogP contribution < -0.4 is 20.3 Å². The molecule has 71 heavy (non-hydrogen) atoms. The van der Waals surface area contributed by atoms with Crippen LogP contribution in [0.2, 0.25) is 5.02 Å². The second kappa shape index (κ2) is 21.3. The number of morpholine rings is 1. The van der Waals surface area contributed by atoms with E-state index >= 15 is 17.6 Å². The number of carbonyl (C=O) groups excluding carboxylic acids is 1. The van der Waals surface area contributed by atoms with Crippen molar-refractivity contribution in [2.75, 3.05) is 75.0 Å². The van der Waals surface area contributed by atoms with E-state index in [1.54, 1.807) is 60.1 Å². The number of anilines is 3. The molecule has 1 unspecified atom stereocenters. The van der Waals surface area contributed by atoms with Gasteiger partial charge in [0.15, 0.2) is 11.9 Å². The molecule has 0 saturated carbocycles. The highest BCUT2D eigenvalue weighted by Crippen LogP contribution is 2.37. The van der Waals surface area contributed by atoms with Crippen LogP contribution in [0.1, 0.15) is 57.6 Å². The van der Waals surface area contributed by atoms with Gasteiger partial charge in [-0.05, 0) is 92.2 Å². The average Bonchev–Trinajstić information content (AvgIpc) is 3.91. The van der Waals surface area contributed by atoms with Crippen molar-refractivity contribution < 1.29 is 31.8 Å². The molecule has 7 aromatic rings. The largest absolute Gasteiger partial charge is 0.439 e. The minimum absolute atomic E-state index is 0.0108. The number of aromatic nitrogens is 7. The Labute approximate surface area is 412 Å². The number of rotatable bonds is 15. The number of amides is 2. The zero-order valence-corrected chi connectivity index (χ0v) is 40.5. The molecular weight excluding hydrogens is 942 g/mol. The third kappa shape index (κ3) is 11.7. The number of fused-ring (bicyclic) bond motifs is 1. The first-order valence-electron chi connectivity index (χ1n) is 23.4. The van der Waals surface area contributed by atoms with Gasteiger partial charge >= 0.3 is 12.2 Å². The lowest BCUT2D eigenvalue weighted by Crippen LogP contribution is -2.54. The molecule has 2 saturated heterocycles. The number of ether oxygens (including phenoxy) is 2. The normalized spacial score (nSPS) is 16.1. The SMILES string of the molecule is CCN1CCN(Cc2ccc(N(C(=O)Nc3ccc(Oc4cc(NC)ncn4)cc3)C3CN(Cc4cc(Cc5cc(C)n[nH]5)nn5c(Cc6ccc(Cl)cc6F)c(C)nc45)CCO3)cc2C(F)(F)F)CC1. The van der Waals surface area contributed by atoms with Crippen LogP contribution in [0.5, 0.6) is 11.6 Å². The predicted octanol–water partition coefficient (Wildman–Crippen LogP) is 8.72. The van der Waals surface area contributed by atoms with Gasteiger partial charge in [-0.3, -0.25) is 19.8 Å². The van der Waals surface area contributed by atoms with Crippen LogP contribution in [-0.4, -0.2) is 121 Å². The van der Waals surface area contributed by atoms with E-state index < -0.39 is 29.8 Å². The molecule has 0 bridgehead atoms. The summed E-state index contributed by atoms with van der Waals surface area (Å²) in [6.07, 6.45) is -3.78. The van der Waals surface area contributed by atoms with E-state index in [9.17, 15) is 4.79 Å². The molecule has 372 valence electrons. The number of hydrogen-bond donors (Lipinski definition) is 3. The molecule has 1 atom stereocenters. The number of likely N-dealkylation sites (N-methyl/N-ethyl adjacent to an activating group) is 1. The molecule has 2 aliphatic rings. The van der Waals surface area contributed by atoms with Crippen LogP contribution in [0.4, 0.5) is 39.5 Å². The third-order valence-electron chi connectivity index (χ3n) is 12.7. The fraction of sp³-hybridized carbons (Fsp3) is 0.360. The van der Waals surface area contributed by atoms with E-state index in [1.165, 1.54) is 23.4 Å². The Morgan fingerprint density at radius 2 is 1.66 bits per heavy atom. The lowest BCUT2D eigenvalue weighted by molar-refractivity contribution is -0.138. The highest BCUT2D eigenvalue weighted by Gasteiger charge is 2.38. The fourth-order valence-corrected chi connectivity index (χ4v) is 9.16. The molecule has 0 aliphatic carbocycles. The van der Waals surface area contributed by atoms with Gasteiger partial charge in [0.1, 0.15) is 23.7 Å². The Morgan fingerprint density at radius 1 is 0.901 bits per heavy atom. The number of carbonyl (C=O) groups is 1. The van der Waals surface area contributed by atoms with Crippen LogP contribution in [0, 0.1) is 19.7 Å². The van der Waals surface area contributed by atoms with E-state index in [1.807, 2.05) is 30.9 Å². The Balaban J connectivity index is 1.03. The number of urea groups is 1. The summed E-state index contributed by atoms with van der Waals surface area (Å²) in [5.74, 6) is 0.844. The van der Waals surface area contributed by atoms with E-state index in [-0.39, 0.29) is 42.4 Å². The lowest BCUT2D eigenvalue weighted by Gasteiger charge is -2.39. The highest BCUT2D eigenvalue weighted by molar-refractivity contribution is 6.30. The summed E-state index contributed by atoms with van der Waals surface area (Å²) in [5, 5.41) is 18.5. The number of imidazole rings is 1. The van der Waals surface area contributed by atoms with Crippen molar-refractivity contribution in [3.05, 3.63) is 147 Å². The molecule has 6 heterocycles. The summed E-state index contributed by atoms with van der Waals surface area (Å²) in [7, 11) is 1.72. The first kappa shape index (κ1) is 49.3. The number of H-pyrrole nitrogens is 1. The maximum Gasteiger partial charge on any atom is 0.416 e. The molecule has 3 N–H and O–H groups in total. The highest BCUT2D eigenvalue weighted by atomic mass is 35.5. The second-order valence-corrected chi connectivity index (χ2v) is 18.1. The minimum Gasteiger partial charge on any atom is -0.439 e. The summed E-state index contributed by atoms with van der Waals surface area (Å²) in [6.45, 7) is 10.6. The van der Waals surface area contributed by atoms with Crippen molar-refractivity contribution in [3.8, 4) is 11.6 Å². The maximum atomic E-state index is 15.2. The van der Waals surface area contributed by atoms with E-state index in [0.717, 1.165) is 42.7 Å². The van der Waals surface area contributed by atoms with Gasteiger partial charge in [0.25, 0.3) is 0 Å². The summed E-state index contributed by atoms with van der Waals surface area (Å²) in [5.41, 5.74) is 5.16. The zero-order valence-electron chi connectivity index (χ0n) is 39.7. The van der Waals surface area contributed by atoms with Crippen molar-refractivity contribution in [1.29, 1.82) is 0 Å². The number of nitrogens with one attached hydrogen (secondary N) is 3. The van der Waals surface area contributed by atoms with Gasteiger partial charge in [-0.25, -0.2) is 28.7 Å². The first-order valence-corrected chi connectivity index (χ1v) is 23.8. The fourth-order valence-electron chi connectivity index (χ4n) is 9.00. The molecule has 0 radical (unpaired) electrons. The Kier molecular flexibility index (Phi) is 14.8. The number of piperazine rings is 1. The van der Waals surface area contributed by atoms with E-state index in [4.69, 9.17) is 31.2 Å². The molecule has 4 aromatic heterocycles. The van der Waals surface area contributed by atoms with Crippen molar-refractivity contribution in [1.82, 2.24) is 49.5 Å². The molecule has 2 fully saturated rings. The third-order valence-corrected chi connectivity index (χ3v) is 13.0. The summed E-state index contributed by atoms with van der Waals surface area (Å²) in [4.78, 5) is 35.5. The molecular formula is C50H54ClF4N13O3. The molecule has 9 rings (SSSR count). The zero-order chi connectivity index (χ0) is 49.8. The number of nitrogens with zero attached hydrogens (tertiary/aromatic N) is 10. The summed E-state index contributed by atoms with van der Waals surface area (Å²) < 4.78 is 74.6. The number of aryl methyl sites for hydroxylation is 2. The van der Waals surface area contributed by atoms with Crippen LogP contribution in [0.25, 0.3) is 5.65 Å². The number of alkyl halides is 3. The van der Waals surface area contributed by atoms with Gasteiger partial charge in [0, 0.05) is 106 Å². The molecule has 0 spiro atoms. The summed E-state index contributed by atoms with van der Waals surface area (Å²) in [6, 6.07) is 20.0. The topological polar surface area (TPSA) is 157 Å². The minimum atomic E-state index is -4.72. The van der Waals surface area contributed by atoms with Crippen LogP contribution in [-0.2, 0) is 36.8 Å². The van der Waals surface area contributed by atoms with E-state index in [2.05, 4.69) is 47.5 Å². The smallest absolute Gasteiger partial charge is 0.416 e. The Hall–Kier alpha value is -6.71. The van der Waals surface area contributed by atoms with Gasteiger partial charge in [-0.15, -0.1) is 0 Å². The average molecular weight is 997 g/mol. The van der Waals surface area contributed by atoms with Crippen molar-refractivity contribution in [2.24, 2.45) is 0 Å². The monoisotopic (exact) mass is 995 g/mol. The Morgan fingerprint density at radius 3 is 2.38 bits per heavy atom. The number of hydrogen-bond acceptors (Lipinski definition) is 12. The van der Waals surface area contributed by atoms with Crippen molar-refractivity contribution in [3.63, 3.8) is 0 Å². The summed E-state index contributed by atoms with van der Waals surface area (Å²) >= 11 is 6.09. The number of benzene rings is 3. The van der Waals surface area contributed by atoms with E-state index in [0.29, 0.717) is 84.0 Å². The molecule has 2 amide bonds. The number of halogens is 5. The van der Waals surface area contributed by atoms with Crippen LogP contribution in [0.3, 0.4) is 0 Å². The Bertz CT molecular complexity index is 3000. The van der Waals surface area contributed by atoms with Gasteiger partial charge in [-0.2, -0.15) is 23.4 Å². The first-order chi connectivity index (χ1) is 34.2. The quantitative estimate of drug-likeness (QED) is 0.0842. The maximum absolute atomic E-state index is 15.2. The molecule has 3 aromatic carbocycles. The van der Waals surface area contributed by atoms with Crippen molar-refractivity contribution in [2.45, 2.75) is 59.1 Å². The number of aromatic amines is 1. The van der Waals surface area contributed by atoms with Gasteiger partial charge < -0.3 is 25.0 Å². The van der Waals surface area contributed by atoms with Gasteiger partial charge in [0.2, 0.25) is 5.88 Å². The van der Waals surface area contributed by atoms with Crippen LogP contribution >= 0.6 is 11.6 Å². The van der Waals surface area contributed by atoms with Gasteiger partial charge in [0.05, 0.1) is 34.9 Å². The molecule has 16 nitrogen and oxygen atoms in total. The van der Waals surface area contributed by atoms with Gasteiger partial charge in [-0.1, -0.05) is 30.7 Å². The lowest BCUT2D eigenvalue weighted by atomic mass is 10.0. The molecule has 21 heteroatoms. The predicted molar refractivity (Wildman–Crippen MR) is 262 cm³/mol. The molecule has 2 aliphatic heterocycles. The van der Waals surface area contributed by atoms with Crippen molar-refractivity contribution >= 4 is 40.5 Å². The standard InChI is InChI=1S/C50H54ClF4N13O3/c1-5-64-14-16-65(17-15-64)27-34-7-11-40(25-42(34)50(53,54)55)67(49(69)60-37-9-12-41(13-10-37)71-46-26-45(56-4)57-30-58-46)47-29-66(18-19-70-47)28-35-21-39(24-38-20-31(2)61-62-38)63-68-44(32(3)59-48(35)68)22-33-6-8-36(51)23-43(33)52/h6-13,20-21,23,25-26,30,47H,5,14-19,22,24,27-29H2,1-4H3,(H,60,69)(H,61,62)(H,56,57,58).